The summed E-state index contributed by atoms with van der Waals surface area (Å²) in [6.07, 6.45) is 3.28. The van der Waals surface area contributed by atoms with Gasteiger partial charge in [0.15, 0.2) is 0 Å². The van der Waals surface area contributed by atoms with Crippen LogP contribution in [-0.4, -0.2) is 22.6 Å². The molecule has 0 aliphatic heterocycles. The van der Waals surface area contributed by atoms with Gasteiger partial charge in [-0.25, -0.2) is 9.59 Å². The second-order valence-electron chi connectivity index (χ2n) is 5.35. The van der Waals surface area contributed by atoms with Gasteiger partial charge >= 0.3 is 12.0 Å². The van der Waals surface area contributed by atoms with Gasteiger partial charge < -0.3 is 15.7 Å². The zero-order valence-corrected chi connectivity index (χ0v) is 11.1. The highest BCUT2D eigenvalue weighted by atomic mass is 16.4. The number of carboxylic acid groups (broad SMARTS) is 1. The first-order chi connectivity index (χ1) is 8.88. The first kappa shape index (κ1) is 13.4. The minimum absolute atomic E-state index is 0.509. The van der Waals surface area contributed by atoms with E-state index in [1.54, 1.807) is 0 Å². The lowest BCUT2D eigenvalue weighted by Crippen LogP contribution is -2.51. The van der Waals surface area contributed by atoms with E-state index in [2.05, 4.69) is 10.6 Å². The standard InChI is InChI=1S/C14H18N2O3/c1-14(2,12(17)18)16-13(19)15-11-7-6-9-4-3-5-10(9)8-11/h6-8H,3-5H2,1-2H3,(H,17,18)(H2,15,16,19). The summed E-state index contributed by atoms with van der Waals surface area (Å²) in [5.41, 5.74) is 1.99. The van der Waals surface area contributed by atoms with E-state index in [9.17, 15) is 9.59 Å². The van der Waals surface area contributed by atoms with E-state index in [1.807, 2.05) is 18.2 Å². The number of hydrogen-bond acceptors (Lipinski definition) is 2. The Morgan fingerprint density at radius 3 is 2.58 bits per heavy atom. The number of hydrogen-bond donors (Lipinski definition) is 3. The van der Waals surface area contributed by atoms with Gasteiger partial charge in [0, 0.05) is 5.69 Å². The van der Waals surface area contributed by atoms with Crippen molar-refractivity contribution in [2.75, 3.05) is 5.32 Å². The molecular formula is C14H18N2O3. The molecule has 102 valence electrons. The van der Waals surface area contributed by atoms with Crippen molar-refractivity contribution in [3.8, 4) is 0 Å². The molecule has 5 heteroatoms. The lowest BCUT2D eigenvalue weighted by molar-refractivity contribution is -0.142. The number of nitrogens with one attached hydrogen (secondary N) is 2. The van der Waals surface area contributed by atoms with E-state index >= 15 is 0 Å². The Labute approximate surface area is 112 Å². The Kier molecular flexibility index (Phi) is 3.46. The summed E-state index contributed by atoms with van der Waals surface area (Å²) >= 11 is 0. The lowest BCUT2D eigenvalue weighted by atomic mass is 10.1. The molecule has 1 aliphatic carbocycles. The Balaban J connectivity index is 2.01. The van der Waals surface area contributed by atoms with Crippen LogP contribution in [0.2, 0.25) is 0 Å². The van der Waals surface area contributed by atoms with Gasteiger partial charge in [0.25, 0.3) is 0 Å². The van der Waals surface area contributed by atoms with Crippen LogP contribution in [0.1, 0.15) is 31.4 Å². The number of benzene rings is 1. The van der Waals surface area contributed by atoms with E-state index in [-0.39, 0.29) is 0 Å². The number of carboxylic acids is 1. The van der Waals surface area contributed by atoms with Crippen LogP contribution in [0.25, 0.3) is 0 Å². The van der Waals surface area contributed by atoms with E-state index in [1.165, 1.54) is 25.0 Å². The Morgan fingerprint density at radius 2 is 1.89 bits per heavy atom. The van der Waals surface area contributed by atoms with Gasteiger partial charge in [-0.2, -0.15) is 0 Å². The smallest absolute Gasteiger partial charge is 0.328 e. The number of carbonyl (C=O) groups is 2. The molecule has 0 saturated heterocycles. The minimum atomic E-state index is -1.29. The minimum Gasteiger partial charge on any atom is -0.480 e. The monoisotopic (exact) mass is 262 g/mol. The molecule has 2 rings (SSSR count). The molecular weight excluding hydrogens is 244 g/mol. The van der Waals surface area contributed by atoms with Crippen LogP contribution < -0.4 is 10.6 Å². The molecule has 0 spiro atoms. The highest BCUT2D eigenvalue weighted by Crippen LogP contribution is 2.24. The van der Waals surface area contributed by atoms with Gasteiger partial charge in [-0.3, -0.25) is 0 Å². The molecule has 0 unspecified atom stereocenters. The van der Waals surface area contributed by atoms with Crippen molar-refractivity contribution < 1.29 is 14.7 Å². The van der Waals surface area contributed by atoms with E-state index < -0.39 is 17.5 Å². The zero-order valence-electron chi connectivity index (χ0n) is 11.1. The SMILES string of the molecule is CC(C)(NC(=O)Nc1ccc2c(c1)CCC2)C(=O)O. The molecule has 0 atom stereocenters. The summed E-state index contributed by atoms with van der Waals surface area (Å²) in [7, 11) is 0. The summed E-state index contributed by atoms with van der Waals surface area (Å²) in [6.45, 7) is 2.88. The molecule has 0 aromatic heterocycles. The Hall–Kier alpha value is -2.04. The summed E-state index contributed by atoms with van der Waals surface area (Å²) < 4.78 is 0. The number of aryl methyl sites for hydroxylation is 2. The van der Waals surface area contributed by atoms with Crippen LogP contribution in [0.3, 0.4) is 0 Å². The molecule has 1 aromatic rings. The third-order valence-electron chi connectivity index (χ3n) is 3.32. The van der Waals surface area contributed by atoms with Crippen LogP contribution in [0.4, 0.5) is 10.5 Å². The number of aliphatic carboxylic acids is 1. The average Bonchev–Trinajstić information content (AvgIpc) is 2.74. The highest BCUT2D eigenvalue weighted by molar-refractivity contribution is 5.93. The van der Waals surface area contributed by atoms with Crippen molar-refractivity contribution >= 4 is 17.7 Å². The van der Waals surface area contributed by atoms with Crippen LogP contribution in [0.15, 0.2) is 18.2 Å². The average molecular weight is 262 g/mol. The van der Waals surface area contributed by atoms with E-state index in [4.69, 9.17) is 5.11 Å². The Morgan fingerprint density at radius 1 is 1.21 bits per heavy atom. The Bertz CT molecular complexity index is 523. The maximum Gasteiger partial charge on any atom is 0.328 e. The molecule has 0 saturated carbocycles. The number of amides is 2. The van der Waals surface area contributed by atoms with Crippen LogP contribution >= 0.6 is 0 Å². The number of anilines is 1. The number of urea groups is 1. The van der Waals surface area contributed by atoms with Crippen LogP contribution in [0.5, 0.6) is 0 Å². The quantitative estimate of drug-likeness (QED) is 0.781. The van der Waals surface area contributed by atoms with E-state index in [0.29, 0.717) is 5.69 Å². The van der Waals surface area contributed by atoms with Crippen LogP contribution in [-0.2, 0) is 17.6 Å². The largest absolute Gasteiger partial charge is 0.480 e. The summed E-state index contributed by atoms with van der Waals surface area (Å²) in [5, 5.41) is 14.0. The summed E-state index contributed by atoms with van der Waals surface area (Å²) in [5.74, 6) is -1.07. The van der Waals surface area contributed by atoms with Gasteiger partial charge in [0.1, 0.15) is 5.54 Å². The maximum atomic E-state index is 11.7. The molecule has 0 fully saturated rings. The van der Waals surface area contributed by atoms with Crippen LogP contribution in [0, 0.1) is 0 Å². The number of rotatable bonds is 3. The normalized spacial score (nSPS) is 13.8. The van der Waals surface area contributed by atoms with Gasteiger partial charge in [-0.1, -0.05) is 6.07 Å². The predicted octanol–water partition coefficient (Wildman–Crippen LogP) is 2.16. The molecule has 0 heterocycles. The van der Waals surface area contributed by atoms with Gasteiger partial charge in [-0.15, -0.1) is 0 Å². The van der Waals surface area contributed by atoms with Crippen molar-refractivity contribution in [3.05, 3.63) is 29.3 Å². The molecule has 1 aliphatic rings. The first-order valence-corrected chi connectivity index (χ1v) is 6.33. The van der Waals surface area contributed by atoms with Gasteiger partial charge in [-0.05, 0) is 56.4 Å². The second kappa shape index (κ2) is 4.91. The highest BCUT2D eigenvalue weighted by Gasteiger charge is 2.28. The number of fused-ring (bicyclic) bond motifs is 1. The summed E-state index contributed by atoms with van der Waals surface area (Å²) in [6, 6.07) is 5.30. The third kappa shape index (κ3) is 3.05. The third-order valence-corrected chi connectivity index (χ3v) is 3.32. The topological polar surface area (TPSA) is 78.4 Å². The van der Waals surface area contributed by atoms with Crippen molar-refractivity contribution in [1.82, 2.24) is 5.32 Å². The fourth-order valence-electron chi connectivity index (χ4n) is 2.15. The second-order valence-corrected chi connectivity index (χ2v) is 5.35. The summed E-state index contributed by atoms with van der Waals surface area (Å²) in [4.78, 5) is 22.7. The number of carbonyl (C=O) groups excluding carboxylic acids is 1. The molecule has 5 nitrogen and oxygen atoms in total. The van der Waals surface area contributed by atoms with E-state index in [0.717, 1.165) is 19.3 Å². The first-order valence-electron chi connectivity index (χ1n) is 6.33. The maximum absolute atomic E-state index is 11.7. The predicted molar refractivity (Wildman–Crippen MR) is 72.3 cm³/mol. The zero-order chi connectivity index (χ0) is 14.0. The lowest BCUT2D eigenvalue weighted by Gasteiger charge is -2.21. The molecule has 0 bridgehead atoms. The molecule has 2 amide bonds. The van der Waals surface area contributed by atoms with Gasteiger partial charge in [0.2, 0.25) is 0 Å². The molecule has 19 heavy (non-hydrogen) atoms. The molecule has 0 radical (unpaired) electrons. The molecule has 3 N–H and O–H groups in total. The fourth-order valence-corrected chi connectivity index (χ4v) is 2.15. The van der Waals surface area contributed by atoms with Gasteiger partial charge in [0.05, 0.1) is 0 Å². The van der Waals surface area contributed by atoms with Crippen molar-refractivity contribution in [1.29, 1.82) is 0 Å². The van der Waals surface area contributed by atoms with Crippen molar-refractivity contribution in [2.45, 2.75) is 38.6 Å². The fraction of sp³-hybridized carbons (Fsp3) is 0.429. The molecule has 1 aromatic carbocycles. The van der Waals surface area contributed by atoms with Crippen molar-refractivity contribution in [2.24, 2.45) is 0 Å². The van der Waals surface area contributed by atoms with Crippen molar-refractivity contribution in [3.63, 3.8) is 0 Å².